The molecule has 40 heavy (non-hydrogen) atoms. The maximum Gasteiger partial charge on any atom is 0.261 e. The Morgan fingerprint density at radius 3 is 2.85 bits per heavy atom. The Bertz CT molecular complexity index is 1760. The van der Waals surface area contributed by atoms with Crippen molar-refractivity contribution >= 4 is 28.2 Å². The smallest absolute Gasteiger partial charge is 0.261 e. The molecule has 7 nitrogen and oxygen atoms in total. The number of hydrogen-bond acceptors (Lipinski definition) is 7. The van der Waals surface area contributed by atoms with E-state index in [2.05, 4.69) is 40.1 Å². The van der Waals surface area contributed by atoms with Gasteiger partial charge in [0.2, 0.25) is 0 Å². The molecule has 10 heteroatoms. The fourth-order valence-corrected chi connectivity index (χ4v) is 6.40. The summed E-state index contributed by atoms with van der Waals surface area (Å²) in [6.45, 7) is 3.39. The molecule has 0 atom stereocenters. The molecule has 202 valence electrons. The van der Waals surface area contributed by atoms with Gasteiger partial charge in [-0.15, -0.1) is 11.3 Å². The molecule has 0 radical (unpaired) electrons. The van der Waals surface area contributed by atoms with E-state index in [1.165, 1.54) is 4.88 Å². The fourth-order valence-electron chi connectivity index (χ4n) is 5.50. The van der Waals surface area contributed by atoms with Crippen molar-refractivity contribution in [1.29, 1.82) is 0 Å². The van der Waals surface area contributed by atoms with Gasteiger partial charge in [0.05, 0.1) is 23.4 Å². The molecule has 0 bridgehead atoms. The van der Waals surface area contributed by atoms with Crippen molar-refractivity contribution < 1.29 is 8.78 Å². The number of aromatic nitrogens is 5. The molecule has 0 amide bonds. The summed E-state index contributed by atoms with van der Waals surface area (Å²) >= 11 is 1.74. The lowest BCUT2D eigenvalue weighted by atomic mass is 10.0. The van der Waals surface area contributed by atoms with Gasteiger partial charge in [-0.05, 0) is 61.2 Å². The van der Waals surface area contributed by atoms with E-state index >= 15 is 0 Å². The van der Waals surface area contributed by atoms with Crippen LogP contribution in [0.25, 0.3) is 32.9 Å². The average Bonchev–Trinajstić information content (AvgIpc) is 3.62. The number of fused-ring (bicyclic) bond motifs is 2. The number of nitrogens with zero attached hydrogens (tertiary/aromatic N) is 6. The van der Waals surface area contributed by atoms with Gasteiger partial charge in [-0.2, -0.15) is 0 Å². The molecule has 7 rings (SSSR count). The van der Waals surface area contributed by atoms with Crippen molar-refractivity contribution in [1.82, 2.24) is 29.8 Å². The number of pyridine rings is 3. The molecular weight excluding hydrogens is 528 g/mol. The Morgan fingerprint density at radius 2 is 2.02 bits per heavy atom. The lowest BCUT2D eigenvalue weighted by molar-refractivity contribution is 0.0115. The average molecular weight is 556 g/mol. The Morgan fingerprint density at radius 1 is 1.10 bits per heavy atom. The molecule has 5 aromatic rings. The van der Waals surface area contributed by atoms with Crippen LogP contribution in [0.15, 0.2) is 60.0 Å². The number of rotatable bonds is 5. The largest absolute Gasteiger partial charge is 0.335 e. The Hall–Kier alpha value is -3.89. The second-order valence-electron chi connectivity index (χ2n) is 10.5. The van der Waals surface area contributed by atoms with Crippen LogP contribution in [0, 0.1) is 6.92 Å². The normalized spacial score (nSPS) is 17.1. The predicted octanol–water partition coefficient (Wildman–Crippen LogP) is 6.08. The number of H-pyrrole nitrogens is 1. The van der Waals surface area contributed by atoms with E-state index in [1.807, 2.05) is 18.2 Å². The first-order chi connectivity index (χ1) is 19.4. The van der Waals surface area contributed by atoms with E-state index < -0.39 is 5.92 Å². The number of aromatic amines is 1. The van der Waals surface area contributed by atoms with Gasteiger partial charge < -0.3 is 4.98 Å². The minimum Gasteiger partial charge on any atom is -0.335 e. The highest BCUT2D eigenvalue weighted by Crippen LogP contribution is 2.33. The number of aryl methyl sites for hydroxylation is 2. The van der Waals surface area contributed by atoms with Crippen LogP contribution in [0.2, 0.25) is 0 Å². The Labute approximate surface area is 234 Å². The molecule has 7 heterocycles. The van der Waals surface area contributed by atoms with Gasteiger partial charge in [-0.1, -0.05) is 6.07 Å². The molecule has 1 saturated heterocycles. The van der Waals surface area contributed by atoms with Crippen LogP contribution in [-0.4, -0.2) is 61.1 Å². The molecule has 1 fully saturated rings. The SMILES string of the molecule is Cc1ccc(-c2ccnc3nc(C4=NCCCc5ccc(-c6cncc(CN7CCC(F)(F)C7)c6)nc54)[nH]c23)s1. The van der Waals surface area contributed by atoms with Crippen LogP contribution in [0.4, 0.5) is 8.78 Å². The molecule has 0 unspecified atom stereocenters. The highest BCUT2D eigenvalue weighted by atomic mass is 32.1. The lowest BCUT2D eigenvalue weighted by Gasteiger charge is -2.16. The highest BCUT2D eigenvalue weighted by Gasteiger charge is 2.38. The number of hydrogen-bond donors (Lipinski definition) is 1. The summed E-state index contributed by atoms with van der Waals surface area (Å²) in [5.41, 5.74) is 7.73. The standard InChI is InChI=1S/C30H27F2N7S/c1-18-4-7-24(40-18)22-8-11-35-28-26(22)37-29(38-28)27-25-20(3-2-10-34-27)5-6-23(36-25)21-13-19(14-33-15-21)16-39-12-9-30(31,32)17-39/h4-8,11,13-15H,2-3,9-10,12,16-17H2,1H3,(H,35,37,38). The summed E-state index contributed by atoms with van der Waals surface area (Å²) in [4.78, 5) is 31.4. The van der Waals surface area contributed by atoms with Crippen LogP contribution >= 0.6 is 11.3 Å². The van der Waals surface area contributed by atoms with Gasteiger partial charge >= 0.3 is 0 Å². The van der Waals surface area contributed by atoms with Crippen molar-refractivity contribution in [2.24, 2.45) is 4.99 Å². The minimum atomic E-state index is -2.62. The third kappa shape index (κ3) is 4.82. The first kappa shape index (κ1) is 25.1. The summed E-state index contributed by atoms with van der Waals surface area (Å²) in [6.07, 6.45) is 7.00. The van der Waals surface area contributed by atoms with Gasteiger partial charge in [0, 0.05) is 65.5 Å². The molecule has 0 aliphatic carbocycles. The number of imidazole rings is 1. The van der Waals surface area contributed by atoms with Crippen molar-refractivity contribution in [3.8, 4) is 21.7 Å². The predicted molar refractivity (Wildman–Crippen MR) is 153 cm³/mol. The number of halogens is 2. The topological polar surface area (TPSA) is 82.9 Å². The van der Waals surface area contributed by atoms with Crippen molar-refractivity contribution in [2.45, 2.75) is 38.7 Å². The summed E-state index contributed by atoms with van der Waals surface area (Å²) in [6, 6.07) is 12.4. The summed E-state index contributed by atoms with van der Waals surface area (Å²) in [5.74, 6) is -1.97. The van der Waals surface area contributed by atoms with Crippen LogP contribution in [-0.2, 0) is 13.0 Å². The summed E-state index contributed by atoms with van der Waals surface area (Å²) in [7, 11) is 0. The summed E-state index contributed by atoms with van der Waals surface area (Å²) < 4.78 is 27.4. The Balaban J connectivity index is 1.24. The van der Waals surface area contributed by atoms with E-state index in [0.29, 0.717) is 31.1 Å². The molecule has 2 aliphatic heterocycles. The molecule has 0 aromatic carbocycles. The number of aliphatic imine (C=N–C) groups is 1. The zero-order valence-corrected chi connectivity index (χ0v) is 22.8. The van der Waals surface area contributed by atoms with Gasteiger partial charge in [-0.25, -0.2) is 23.7 Å². The number of thiophene rings is 1. The van der Waals surface area contributed by atoms with Gasteiger partial charge in [0.25, 0.3) is 5.92 Å². The van der Waals surface area contributed by atoms with Gasteiger partial charge in [-0.3, -0.25) is 14.9 Å². The molecule has 0 saturated carbocycles. The quantitative estimate of drug-likeness (QED) is 0.284. The van der Waals surface area contributed by atoms with Crippen molar-refractivity contribution in [3.63, 3.8) is 0 Å². The molecule has 0 spiro atoms. The van der Waals surface area contributed by atoms with E-state index in [0.717, 1.165) is 62.6 Å². The van der Waals surface area contributed by atoms with E-state index in [4.69, 9.17) is 15.0 Å². The van der Waals surface area contributed by atoms with Crippen LogP contribution in [0.3, 0.4) is 0 Å². The van der Waals surface area contributed by atoms with Crippen molar-refractivity contribution in [2.75, 3.05) is 19.6 Å². The van der Waals surface area contributed by atoms with Crippen LogP contribution in [0.1, 0.15) is 40.4 Å². The number of likely N-dealkylation sites (tertiary alicyclic amines) is 1. The number of alkyl halides is 2. The second kappa shape index (κ2) is 9.94. The van der Waals surface area contributed by atoms with E-state index in [1.54, 1.807) is 34.8 Å². The van der Waals surface area contributed by atoms with Gasteiger partial charge in [0.1, 0.15) is 5.71 Å². The zero-order chi connectivity index (χ0) is 27.3. The fraction of sp³-hybridized carbons (Fsp3) is 0.300. The lowest BCUT2D eigenvalue weighted by Crippen LogP contribution is -2.24. The van der Waals surface area contributed by atoms with Crippen LogP contribution in [0.5, 0.6) is 0 Å². The van der Waals surface area contributed by atoms with Crippen LogP contribution < -0.4 is 0 Å². The third-order valence-electron chi connectivity index (χ3n) is 7.44. The van der Waals surface area contributed by atoms with E-state index in [9.17, 15) is 8.78 Å². The summed E-state index contributed by atoms with van der Waals surface area (Å²) in [5, 5.41) is 0. The zero-order valence-electron chi connectivity index (χ0n) is 22.0. The highest BCUT2D eigenvalue weighted by molar-refractivity contribution is 7.15. The maximum absolute atomic E-state index is 13.7. The third-order valence-corrected chi connectivity index (χ3v) is 8.48. The molecular formula is C30H27F2N7S. The minimum absolute atomic E-state index is 0.0968. The first-order valence-electron chi connectivity index (χ1n) is 13.4. The molecule has 5 aromatic heterocycles. The molecule has 1 N–H and O–H groups in total. The second-order valence-corrected chi connectivity index (χ2v) is 11.8. The van der Waals surface area contributed by atoms with E-state index in [-0.39, 0.29) is 13.0 Å². The Kier molecular flexibility index (Phi) is 6.24. The number of nitrogens with one attached hydrogen (secondary N) is 1. The van der Waals surface area contributed by atoms with Gasteiger partial charge in [0.15, 0.2) is 11.5 Å². The van der Waals surface area contributed by atoms with Crippen molar-refractivity contribution in [3.05, 3.63) is 82.5 Å². The first-order valence-corrected chi connectivity index (χ1v) is 14.2. The maximum atomic E-state index is 13.7. The monoisotopic (exact) mass is 555 g/mol. The molecule has 2 aliphatic rings.